The molecule has 0 aromatic heterocycles. The number of rotatable bonds is 4. The summed E-state index contributed by atoms with van der Waals surface area (Å²) >= 11 is 1.55. The van der Waals surface area contributed by atoms with Crippen LogP contribution < -0.4 is 14.8 Å². The SMILES string of the molecule is C[C@H](Sc1ccc2c(c1)OCCO2)C(=O)N[C@@H]1CCCc2ccccc21. The van der Waals surface area contributed by atoms with Crippen molar-refractivity contribution >= 4 is 17.7 Å². The summed E-state index contributed by atoms with van der Waals surface area (Å²) in [6.07, 6.45) is 3.22. The number of carbonyl (C=O) groups excluding carboxylic acids is 1. The summed E-state index contributed by atoms with van der Waals surface area (Å²) in [7, 11) is 0. The van der Waals surface area contributed by atoms with Crippen LogP contribution in [0.25, 0.3) is 0 Å². The first kappa shape index (κ1) is 17.3. The first-order valence-electron chi connectivity index (χ1n) is 9.15. The molecule has 0 radical (unpaired) electrons. The molecular formula is C21H23NO3S. The second kappa shape index (κ2) is 7.62. The molecule has 0 bridgehead atoms. The van der Waals surface area contributed by atoms with Crippen molar-refractivity contribution in [3.63, 3.8) is 0 Å². The van der Waals surface area contributed by atoms with E-state index in [1.807, 2.05) is 25.1 Å². The quantitative estimate of drug-likeness (QED) is 0.823. The molecule has 4 rings (SSSR count). The van der Waals surface area contributed by atoms with Gasteiger partial charge in [-0.25, -0.2) is 0 Å². The summed E-state index contributed by atoms with van der Waals surface area (Å²) in [5.74, 6) is 1.61. The molecule has 1 aliphatic carbocycles. The van der Waals surface area contributed by atoms with Gasteiger partial charge in [-0.1, -0.05) is 24.3 Å². The Hall–Kier alpha value is -2.14. The van der Waals surface area contributed by atoms with E-state index in [1.54, 1.807) is 11.8 Å². The van der Waals surface area contributed by atoms with E-state index >= 15 is 0 Å². The monoisotopic (exact) mass is 369 g/mol. The van der Waals surface area contributed by atoms with Crippen LogP contribution in [0.2, 0.25) is 0 Å². The zero-order valence-corrected chi connectivity index (χ0v) is 15.7. The topological polar surface area (TPSA) is 47.6 Å². The molecule has 0 saturated heterocycles. The molecule has 0 fully saturated rings. The maximum atomic E-state index is 12.7. The number of nitrogens with one attached hydrogen (secondary N) is 1. The van der Waals surface area contributed by atoms with Gasteiger partial charge in [-0.3, -0.25) is 4.79 Å². The number of hydrogen-bond acceptors (Lipinski definition) is 4. The van der Waals surface area contributed by atoms with Crippen molar-refractivity contribution in [2.75, 3.05) is 13.2 Å². The van der Waals surface area contributed by atoms with Crippen LogP contribution in [0.15, 0.2) is 47.4 Å². The lowest BCUT2D eigenvalue weighted by molar-refractivity contribution is -0.121. The minimum Gasteiger partial charge on any atom is -0.486 e. The summed E-state index contributed by atoms with van der Waals surface area (Å²) in [4.78, 5) is 13.7. The molecule has 2 atom stereocenters. The van der Waals surface area contributed by atoms with E-state index in [2.05, 4.69) is 29.6 Å². The number of amides is 1. The summed E-state index contributed by atoms with van der Waals surface area (Å²) < 4.78 is 11.2. The number of hydrogen-bond donors (Lipinski definition) is 1. The molecule has 1 N–H and O–H groups in total. The van der Waals surface area contributed by atoms with Crippen LogP contribution in [-0.4, -0.2) is 24.4 Å². The highest BCUT2D eigenvalue weighted by molar-refractivity contribution is 8.00. The Morgan fingerprint density at radius 2 is 1.96 bits per heavy atom. The highest BCUT2D eigenvalue weighted by Gasteiger charge is 2.24. The Morgan fingerprint density at radius 1 is 1.15 bits per heavy atom. The number of fused-ring (bicyclic) bond motifs is 2. The third-order valence-electron chi connectivity index (χ3n) is 4.88. The van der Waals surface area contributed by atoms with Crippen LogP contribution in [0.5, 0.6) is 11.5 Å². The van der Waals surface area contributed by atoms with Gasteiger partial charge in [0.1, 0.15) is 13.2 Å². The normalized spacial score (nSPS) is 19.3. The lowest BCUT2D eigenvalue weighted by Crippen LogP contribution is -2.35. The van der Waals surface area contributed by atoms with Gasteiger partial charge in [0.05, 0.1) is 11.3 Å². The van der Waals surface area contributed by atoms with Crippen LogP contribution >= 0.6 is 11.8 Å². The number of aryl methyl sites for hydroxylation is 1. The van der Waals surface area contributed by atoms with Gasteiger partial charge in [-0.2, -0.15) is 0 Å². The van der Waals surface area contributed by atoms with Gasteiger partial charge in [0.15, 0.2) is 11.5 Å². The molecule has 1 amide bonds. The minimum atomic E-state index is -0.174. The van der Waals surface area contributed by atoms with Crippen molar-refractivity contribution in [1.29, 1.82) is 0 Å². The fraction of sp³-hybridized carbons (Fsp3) is 0.381. The largest absolute Gasteiger partial charge is 0.486 e. The summed E-state index contributed by atoms with van der Waals surface area (Å²) in [6.45, 7) is 3.10. The highest BCUT2D eigenvalue weighted by atomic mass is 32.2. The summed E-state index contributed by atoms with van der Waals surface area (Å²) in [6, 6.07) is 14.4. The minimum absolute atomic E-state index is 0.0755. The fourth-order valence-corrected chi connectivity index (χ4v) is 4.45. The van der Waals surface area contributed by atoms with E-state index in [4.69, 9.17) is 9.47 Å². The molecule has 0 spiro atoms. The molecule has 0 unspecified atom stereocenters. The zero-order chi connectivity index (χ0) is 17.9. The molecule has 26 heavy (non-hydrogen) atoms. The average molecular weight is 369 g/mol. The lowest BCUT2D eigenvalue weighted by atomic mass is 9.88. The summed E-state index contributed by atoms with van der Waals surface area (Å²) in [5, 5.41) is 3.07. The Labute approximate surface area is 158 Å². The van der Waals surface area contributed by atoms with E-state index in [-0.39, 0.29) is 17.2 Å². The van der Waals surface area contributed by atoms with Crippen molar-refractivity contribution in [2.45, 2.75) is 42.4 Å². The van der Waals surface area contributed by atoms with Gasteiger partial charge in [0, 0.05) is 4.90 Å². The fourth-order valence-electron chi connectivity index (χ4n) is 3.55. The number of ether oxygens (including phenoxy) is 2. The van der Waals surface area contributed by atoms with Crippen LogP contribution in [0, 0.1) is 0 Å². The zero-order valence-electron chi connectivity index (χ0n) is 14.9. The van der Waals surface area contributed by atoms with Crippen molar-refractivity contribution < 1.29 is 14.3 Å². The molecule has 0 saturated carbocycles. The van der Waals surface area contributed by atoms with Crippen molar-refractivity contribution in [1.82, 2.24) is 5.32 Å². The molecule has 2 aliphatic rings. The Kier molecular flexibility index (Phi) is 5.07. The van der Waals surface area contributed by atoms with Gasteiger partial charge in [0.2, 0.25) is 5.91 Å². The van der Waals surface area contributed by atoms with E-state index in [0.29, 0.717) is 13.2 Å². The highest BCUT2D eigenvalue weighted by Crippen LogP contribution is 2.36. The lowest BCUT2D eigenvalue weighted by Gasteiger charge is -2.27. The van der Waals surface area contributed by atoms with Crippen LogP contribution in [0.3, 0.4) is 0 Å². The number of carbonyl (C=O) groups is 1. The van der Waals surface area contributed by atoms with E-state index in [0.717, 1.165) is 35.7 Å². The standard InChI is InChI=1S/C21H23NO3S/c1-14(26-16-9-10-19-20(13-16)25-12-11-24-19)21(23)22-18-8-4-6-15-5-2-3-7-17(15)18/h2-3,5,7,9-10,13-14,18H,4,6,8,11-12H2,1H3,(H,22,23)/t14-,18+/m0/s1. The molecule has 2 aromatic carbocycles. The molecule has 4 nitrogen and oxygen atoms in total. The van der Waals surface area contributed by atoms with Gasteiger partial charge < -0.3 is 14.8 Å². The van der Waals surface area contributed by atoms with E-state index in [9.17, 15) is 4.79 Å². The van der Waals surface area contributed by atoms with E-state index < -0.39 is 0 Å². The molecule has 1 heterocycles. The molecule has 1 aliphatic heterocycles. The third-order valence-corrected chi connectivity index (χ3v) is 5.98. The van der Waals surface area contributed by atoms with Crippen LogP contribution in [0.1, 0.15) is 36.9 Å². The first-order chi connectivity index (χ1) is 12.7. The first-order valence-corrected chi connectivity index (χ1v) is 10.0. The van der Waals surface area contributed by atoms with Gasteiger partial charge >= 0.3 is 0 Å². The number of thioether (sulfide) groups is 1. The third kappa shape index (κ3) is 3.68. The second-order valence-corrected chi connectivity index (χ2v) is 8.13. The van der Waals surface area contributed by atoms with Gasteiger partial charge in [-0.05, 0) is 55.5 Å². The van der Waals surface area contributed by atoms with Gasteiger partial charge in [0.25, 0.3) is 0 Å². The second-order valence-electron chi connectivity index (χ2n) is 6.72. The maximum Gasteiger partial charge on any atom is 0.233 e. The number of benzene rings is 2. The molecular weight excluding hydrogens is 346 g/mol. The van der Waals surface area contributed by atoms with Crippen molar-refractivity contribution in [2.24, 2.45) is 0 Å². The Bertz CT molecular complexity index is 808. The van der Waals surface area contributed by atoms with Crippen molar-refractivity contribution in [3.8, 4) is 11.5 Å². The predicted molar refractivity (Wildman–Crippen MR) is 103 cm³/mol. The maximum absolute atomic E-state index is 12.7. The Morgan fingerprint density at radius 3 is 2.85 bits per heavy atom. The summed E-state index contributed by atoms with van der Waals surface area (Å²) in [5.41, 5.74) is 2.62. The van der Waals surface area contributed by atoms with Crippen molar-refractivity contribution in [3.05, 3.63) is 53.6 Å². The van der Waals surface area contributed by atoms with Crippen LogP contribution in [-0.2, 0) is 11.2 Å². The molecule has 2 aromatic rings. The molecule has 5 heteroatoms. The average Bonchev–Trinajstić information content (AvgIpc) is 2.68. The van der Waals surface area contributed by atoms with E-state index in [1.165, 1.54) is 11.1 Å². The smallest absolute Gasteiger partial charge is 0.233 e. The Balaban J connectivity index is 1.41. The van der Waals surface area contributed by atoms with Gasteiger partial charge in [-0.15, -0.1) is 11.8 Å². The van der Waals surface area contributed by atoms with Crippen LogP contribution in [0.4, 0.5) is 0 Å². The molecule has 136 valence electrons. The predicted octanol–water partition coefficient (Wildman–Crippen LogP) is 4.13.